The maximum absolute atomic E-state index is 11.2. The first-order chi connectivity index (χ1) is 9.65. The molecule has 0 aromatic heterocycles. The largest absolute Gasteiger partial charge is 0.486 e. The fourth-order valence-corrected chi connectivity index (χ4v) is 1.78. The summed E-state index contributed by atoms with van der Waals surface area (Å²) in [4.78, 5) is 21.5. The molecule has 7 heteroatoms. The van der Waals surface area contributed by atoms with Crippen molar-refractivity contribution < 1.29 is 24.2 Å². The van der Waals surface area contributed by atoms with Crippen LogP contribution in [0, 0.1) is 0 Å². The van der Waals surface area contributed by atoms with E-state index in [1.165, 1.54) is 0 Å². The number of hydrogen-bond donors (Lipinski definition) is 3. The average molecular weight is 280 g/mol. The molecule has 1 heterocycles. The van der Waals surface area contributed by atoms with Gasteiger partial charge in [0.1, 0.15) is 19.8 Å². The second-order valence-corrected chi connectivity index (χ2v) is 4.23. The number of hydrogen-bond acceptors (Lipinski definition) is 4. The van der Waals surface area contributed by atoms with Crippen molar-refractivity contribution in [2.45, 2.75) is 6.42 Å². The van der Waals surface area contributed by atoms with Crippen molar-refractivity contribution in [2.24, 2.45) is 0 Å². The van der Waals surface area contributed by atoms with Gasteiger partial charge in [0.05, 0.1) is 0 Å². The van der Waals surface area contributed by atoms with Crippen LogP contribution in [0.15, 0.2) is 18.2 Å². The molecule has 0 unspecified atom stereocenters. The van der Waals surface area contributed by atoms with Crippen LogP contribution >= 0.6 is 0 Å². The Kier molecular flexibility index (Phi) is 4.65. The topological polar surface area (TPSA) is 96.9 Å². The van der Waals surface area contributed by atoms with E-state index in [9.17, 15) is 9.59 Å². The van der Waals surface area contributed by atoms with E-state index in [2.05, 4.69) is 10.6 Å². The van der Waals surface area contributed by atoms with Crippen molar-refractivity contribution in [1.29, 1.82) is 0 Å². The number of urea groups is 1. The number of aliphatic carboxylic acids is 1. The van der Waals surface area contributed by atoms with E-state index in [4.69, 9.17) is 14.6 Å². The minimum Gasteiger partial charge on any atom is -0.486 e. The minimum absolute atomic E-state index is 0.393. The molecule has 108 valence electrons. The number of nitrogens with one attached hydrogen (secondary N) is 2. The second-order valence-electron chi connectivity index (χ2n) is 4.23. The van der Waals surface area contributed by atoms with Gasteiger partial charge in [-0.15, -0.1) is 0 Å². The van der Waals surface area contributed by atoms with Crippen LogP contribution in [0.1, 0.15) is 5.56 Å². The van der Waals surface area contributed by atoms with Crippen LogP contribution in [0.5, 0.6) is 11.5 Å². The van der Waals surface area contributed by atoms with Crippen LogP contribution in [0.25, 0.3) is 0 Å². The van der Waals surface area contributed by atoms with Gasteiger partial charge >= 0.3 is 12.0 Å². The van der Waals surface area contributed by atoms with E-state index in [0.29, 0.717) is 31.9 Å². The SMILES string of the molecule is O=C(O)CNC(=O)NCCc1ccc2c(c1)OCCO2. The van der Waals surface area contributed by atoms with Crippen LogP contribution in [-0.4, -0.2) is 43.4 Å². The van der Waals surface area contributed by atoms with E-state index in [0.717, 1.165) is 11.3 Å². The van der Waals surface area contributed by atoms with Crippen molar-refractivity contribution in [3.05, 3.63) is 23.8 Å². The van der Waals surface area contributed by atoms with E-state index in [1.807, 2.05) is 18.2 Å². The van der Waals surface area contributed by atoms with Crippen molar-refractivity contribution in [3.63, 3.8) is 0 Å². The van der Waals surface area contributed by atoms with E-state index in [-0.39, 0.29) is 0 Å². The first-order valence-electron chi connectivity index (χ1n) is 6.27. The Bertz CT molecular complexity index is 504. The fraction of sp³-hybridized carbons (Fsp3) is 0.385. The number of carbonyl (C=O) groups is 2. The quantitative estimate of drug-likeness (QED) is 0.724. The van der Waals surface area contributed by atoms with E-state index in [1.54, 1.807) is 0 Å². The first kappa shape index (κ1) is 14.0. The number of amides is 2. The predicted octanol–water partition coefficient (Wildman–Crippen LogP) is 0.384. The van der Waals surface area contributed by atoms with Gasteiger partial charge in [-0.1, -0.05) is 6.07 Å². The summed E-state index contributed by atoms with van der Waals surface area (Å²) in [5, 5.41) is 13.2. The summed E-state index contributed by atoms with van der Waals surface area (Å²) in [6.45, 7) is 1.10. The van der Waals surface area contributed by atoms with Gasteiger partial charge in [-0.05, 0) is 24.1 Å². The summed E-state index contributed by atoms with van der Waals surface area (Å²) in [6, 6.07) is 5.13. The van der Waals surface area contributed by atoms with E-state index >= 15 is 0 Å². The Hall–Kier alpha value is -2.44. The molecule has 1 aliphatic rings. The first-order valence-corrected chi connectivity index (χ1v) is 6.27. The zero-order valence-electron chi connectivity index (χ0n) is 10.8. The fourth-order valence-electron chi connectivity index (χ4n) is 1.78. The minimum atomic E-state index is -1.08. The number of fused-ring (bicyclic) bond motifs is 1. The van der Waals surface area contributed by atoms with Crippen LogP contribution < -0.4 is 20.1 Å². The summed E-state index contributed by atoms with van der Waals surface area (Å²) < 4.78 is 10.9. The Labute approximate surface area is 115 Å². The maximum atomic E-state index is 11.2. The smallest absolute Gasteiger partial charge is 0.323 e. The van der Waals surface area contributed by atoms with Gasteiger partial charge in [-0.2, -0.15) is 0 Å². The van der Waals surface area contributed by atoms with Crippen LogP contribution in [0.3, 0.4) is 0 Å². The molecule has 0 bridgehead atoms. The molecule has 0 radical (unpaired) electrons. The molecule has 0 fully saturated rings. The molecule has 1 aromatic rings. The molecule has 1 aliphatic heterocycles. The van der Waals surface area contributed by atoms with Crippen molar-refractivity contribution >= 4 is 12.0 Å². The number of rotatable bonds is 5. The Morgan fingerprint density at radius 3 is 2.65 bits per heavy atom. The number of ether oxygens (including phenoxy) is 2. The molecular weight excluding hydrogens is 264 g/mol. The third-order valence-electron chi connectivity index (χ3n) is 2.71. The zero-order valence-corrected chi connectivity index (χ0v) is 10.8. The highest BCUT2D eigenvalue weighted by Crippen LogP contribution is 2.30. The highest BCUT2D eigenvalue weighted by atomic mass is 16.6. The lowest BCUT2D eigenvalue weighted by Gasteiger charge is -2.18. The van der Waals surface area contributed by atoms with Crippen LogP contribution in [-0.2, 0) is 11.2 Å². The molecule has 0 spiro atoms. The molecule has 2 amide bonds. The molecule has 20 heavy (non-hydrogen) atoms. The van der Waals surface area contributed by atoms with E-state index < -0.39 is 18.5 Å². The number of benzene rings is 1. The molecule has 0 aliphatic carbocycles. The van der Waals surface area contributed by atoms with Crippen molar-refractivity contribution in [1.82, 2.24) is 10.6 Å². The molecule has 1 aromatic carbocycles. The zero-order chi connectivity index (χ0) is 14.4. The molecule has 7 nitrogen and oxygen atoms in total. The van der Waals surface area contributed by atoms with Gasteiger partial charge in [-0.25, -0.2) is 4.79 Å². The van der Waals surface area contributed by atoms with Gasteiger partial charge in [0.15, 0.2) is 11.5 Å². The monoisotopic (exact) mass is 280 g/mol. The van der Waals surface area contributed by atoms with Crippen LogP contribution in [0.4, 0.5) is 4.79 Å². The summed E-state index contributed by atoms with van der Waals surface area (Å²) in [5.41, 5.74) is 1.01. The van der Waals surface area contributed by atoms with Gasteiger partial charge in [0.25, 0.3) is 0 Å². The lowest BCUT2D eigenvalue weighted by atomic mass is 10.1. The Morgan fingerprint density at radius 2 is 1.90 bits per heavy atom. The number of carboxylic acids is 1. The highest BCUT2D eigenvalue weighted by molar-refractivity contribution is 5.79. The molecule has 2 rings (SSSR count). The summed E-state index contributed by atoms with van der Waals surface area (Å²) >= 11 is 0. The molecular formula is C13H16N2O5. The maximum Gasteiger partial charge on any atom is 0.323 e. The Morgan fingerprint density at radius 1 is 1.15 bits per heavy atom. The highest BCUT2D eigenvalue weighted by Gasteiger charge is 2.11. The number of carboxylic acid groups (broad SMARTS) is 1. The van der Waals surface area contributed by atoms with Gasteiger partial charge < -0.3 is 25.2 Å². The standard InChI is InChI=1S/C13H16N2O5/c16-12(17)8-15-13(18)14-4-3-9-1-2-10-11(7-9)20-6-5-19-10/h1-2,7H,3-6,8H2,(H,16,17)(H2,14,15,18). The van der Waals surface area contributed by atoms with Crippen molar-refractivity contribution in [2.75, 3.05) is 26.3 Å². The third-order valence-corrected chi connectivity index (χ3v) is 2.71. The lowest BCUT2D eigenvalue weighted by Crippen LogP contribution is -2.39. The molecule has 0 saturated carbocycles. The van der Waals surface area contributed by atoms with Crippen molar-refractivity contribution in [3.8, 4) is 11.5 Å². The molecule has 3 N–H and O–H groups in total. The predicted molar refractivity (Wildman–Crippen MR) is 70.2 cm³/mol. The van der Waals surface area contributed by atoms with Crippen LogP contribution in [0.2, 0.25) is 0 Å². The van der Waals surface area contributed by atoms with Gasteiger partial charge in [0, 0.05) is 6.54 Å². The normalized spacial score (nSPS) is 12.6. The molecule has 0 saturated heterocycles. The summed E-state index contributed by atoms with van der Waals surface area (Å²) in [6.07, 6.45) is 0.622. The van der Waals surface area contributed by atoms with Gasteiger partial charge in [-0.3, -0.25) is 4.79 Å². The number of carbonyl (C=O) groups excluding carboxylic acids is 1. The average Bonchev–Trinajstić information content (AvgIpc) is 2.45. The second kappa shape index (κ2) is 6.65. The molecule has 0 atom stereocenters. The van der Waals surface area contributed by atoms with Gasteiger partial charge in [0.2, 0.25) is 0 Å². The Balaban J connectivity index is 1.76. The third kappa shape index (κ3) is 4.04. The lowest BCUT2D eigenvalue weighted by molar-refractivity contribution is -0.135. The summed E-state index contributed by atoms with van der Waals surface area (Å²) in [5.74, 6) is 0.364. The summed E-state index contributed by atoms with van der Waals surface area (Å²) in [7, 11) is 0.